The number of ether oxygens (including phenoxy) is 1. The fraction of sp³-hybridized carbons (Fsp3) is 0.400. The Morgan fingerprint density at radius 2 is 2.22 bits per heavy atom. The summed E-state index contributed by atoms with van der Waals surface area (Å²) in [7, 11) is 1.96. The standard InChI is InChI=1S/C15H17ClN4O3/c1-20-6-7-22-12(8-20)15(21)18-13(14-17-9-23-19-14)10-2-4-11(16)5-3-10/h2-5,9,12-13H,6-8H2,1H3,(H,18,21)/t12-,13+/m0/s1. The highest BCUT2D eigenvalue weighted by Gasteiger charge is 2.29. The van der Waals surface area contributed by atoms with E-state index in [0.29, 0.717) is 24.0 Å². The van der Waals surface area contributed by atoms with Crippen molar-refractivity contribution in [3.8, 4) is 0 Å². The summed E-state index contributed by atoms with van der Waals surface area (Å²) >= 11 is 5.92. The minimum absolute atomic E-state index is 0.207. The second-order valence-corrected chi connectivity index (χ2v) is 5.84. The SMILES string of the molecule is CN1CCO[C@H](C(=O)N[C@H](c2ccc(Cl)cc2)c2ncon2)C1. The smallest absolute Gasteiger partial charge is 0.251 e. The number of nitrogens with one attached hydrogen (secondary N) is 1. The van der Waals surface area contributed by atoms with Crippen LogP contribution in [-0.4, -0.2) is 53.8 Å². The normalized spacial score (nSPS) is 20.2. The van der Waals surface area contributed by atoms with E-state index in [4.69, 9.17) is 20.9 Å². The fourth-order valence-corrected chi connectivity index (χ4v) is 2.56. The largest absolute Gasteiger partial charge is 0.366 e. The highest BCUT2D eigenvalue weighted by molar-refractivity contribution is 6.30. The van der Waals surface area contributed by atoms with Crippen molar-refractivity contribution >= 4 is 17.5 Å². The lowest BCUT2D eigenvalue weighted by molar-refractivity contribution is -0.138. The maximum absolute atomic E-state index is 12.5. The lowest BCUT2D eigenvalue weighted by Gasteiger charge is -2.30. The van der Waals surface area contributed by atoms with Crippen LogP contribution in [0, 0.1) is 0 Å². The zero-order chi connectivity index (χ0) is 16.2. The van der Waals surface area contributed by atoms with E-state index in [1.165, 1.54) is 6.39 Å². The molecular weight excluding hydrogens is 320 g/mol. The van der Waals surface area contributed by atoms with Crippen molar-refractivity contribution < 1.29 is 14.1 Å². The van der Waals surface area contributed by atoms with Gasteiger partial charge in [0.25, 0.3) is 5.91 Å². The van der Waals surface area contributed by atoms with Gasteiger partial charge in [0.05, 0.1) is 6.61 Å². The van der Waals surface area contributed by atoms with E-state index in [9.17, 15) is 4.79 Å². The number of carbonyl (C=O) groups excluding carboxylic acids is 1. The summed E-state index contributed by atoms with van der Waals surface area (Å²) in [6.45, 7) is 1.89. The van der Waals surface area contributed by atoms with Crippen LogP contribution in [0.4, 0.5) is 0 Å². The summed E-state index contributed by atoms with van der Waals surface area (Å²) in [4.78, 5) is 18.6. The van der Waals surface area contributed by atoms with E-state index in [2.05, 4.69) is 20.4 Å². The predicted molar refractivity (Wildman–Crippen MR) is 83.0 cm³/mol. The fourth-order valence-electron chi connectivity index (χ4n) is 2.43. The van der Waals surface area contributed by atoms with Crippen LogP contribution in [-0.2, 0) is 9.53 Å². The van der Waals surface area contributed by atoms with E-state index >= 15 is 0 Å². The van der Waals surface area contributed by atoms with E-state index in [1.807, 2.05) is 19.2 Å². The monoisotopic (exact) mass is 336 g/mol. The molecule has 1 aromatic heterocycles. The maximum atomic E-state index is 12.5. The molecule has 1 N–H and O–H groups in total. The molecule has 0 unspecified atom stereocenters. The third-order valence-corrected chi connectivity index (χ3v) is 3.94. The van der Waals surface area contributed by atoms with Gasteiger partial charge in [-0.2, -0.15) is 4.98 Å². The molecule has 1 aliphatic rings. The molecule has 2 atom stereocenters. The van der Waals surface area contributed by atoms with Crippen LogP contribution in [0.5, 0.6) is 0 Å². The molecule has 0 radical (unpaired) electrons. The average molecular weight is 337 g/mol. The molecule has 7 nitrogen and oxygen atoms in total. The maximum Gasteiger partial charge on any atom is 0.251 e. The van der Waals surface area contributed by atoms with Crippen LogP contribution in [0.25, 0.3) is 0 Å². The number of morpholine rings is 1. The third kappa shape index (κ3) is 3.87. The average Bonchev–Trinajstić information content (AvgIpc) is 3.07. The van der Waals surface area contributed by atoms with E-state index in [1.54, 1.807) is 12.1 Å². The first-order valence-electron chi connectivity index (χ1n) is 7.26. The molecular formula is C15H17ClN4O3. The zero-order valence-corrected chi connectivity index (χ0v) is 13.4. The third-order valence-electron chi connectivity index (χ3n) is 3.69. The lowest BCUT2D eigenvalue weighted by atomic mass is 10.1. The van der Waals surface area contributed by atoms with Gasteiger partial charge in [-0.1, -0.05) is 28.9 Å². The highest BCUT2D eigenvalue weighted by atomic mass is 35.5. The molecule has 2 heterocycles. The lowest BCUT2D eigenvalue weighted by Crippen LogP contribution is -2.49. The topological polar surface area (TPSA) is 80.5 Å². The second-order valence-electron chi connectivity index (χ2n) is 5.40. The second kappa shape index (κ2) is 7.08. The summed E-state index contributed by atoms with van der Waals surface area (Å²) in [5.41, 5.74) is 0.813. The van der Waals surface area contributed by atoms with Crippen LogP contribution < -0.4 is 5.32 Å². The molecule has 2 aromatic rings. The number of hydrogen-bond donors (Lipinski definition) is 1. The molecule has 3 rings (SSSR count). The Kier molecular flexibility index (Phi) is 4.90. The summed E-state index contributed by atoms with van der Waals surface area (Å²) in [5, 5.41) is 7.39. The highest BCUT2D eigenvalue weighted by Crippen LogP contribution is 2.21. The molecule has 0 spiro atoms. The first-order valence-corrected chi connectivity index (χ1v) is 7.63. The molecule has 1 aliphatic heterocycles. The number of nitrogens with zero attached hydrogens (tertiary/aromatic N) is 3. The number of amides is 1. The minimum Gasteiger partial charge on any atom is -0.366 e. The first-order chi connectivity index (χ1) is 11.1. The van der Waals surface area contributed by atoms with Crippen LogP contribution in [0.15, 0.2) is 35.2 Å². The van der Waals surface area contributed by atoms with Gasteiger partial charge in [0.2, 0.25) is 6.39 Å². The number of benzene rings is 1. The molecule has 0 saturated carbocycles. The number of aromatic nitrogens is 2. The van der Waals surface area contributed by atoms with Gasteiger partial charge in [-0.05, 0) is 24.7 Å². The first kappa shape index (κ1) is 15.9. The van der Waals surface area contributed by atoms with Crippen molar-refractivity contribution in [1.29, 1.82) is 0 Å². The van der Waals surface area contributed by atoms with Crippen molar-refractivity contribution in [3.05, 3.63) is 47.1 Å². The Bertz CT molecular complexity index is 647. The Balaban J connectivity index is 1.79. The number of rotatable bonds is 4. The molecule has 1 saturated heterocycles. The van der Waals surface area contributed by atoms with Crippen molar-refractivity contribution in [2.75, 3.05) is 26.7 Å². The van der Waals surface area contributed by atoms with Gasteiger partial charge in [-0.25, -0.2) is 0 Å². The van der Waals surface area contributed by atoms with Gasteiger partial charge in [-0.3, -0.25) is 4.79 Å². The van der Waals surface area contributed by atoms with E-state index in [-0.39, 0.29) is 5.91 Å². The van der Waals surface area contributed by atoms with Gasteiger partial charge >= 0.3 is 0 Å². The molecule has 0 bridgehead atoms. The van der Waals surface area contributed by atoms with Crippen molar-refractivity contribution in [2.45, 2.75) is 12.1 Å². The van der Waals surface area contributed by atoms with Gasteiger partial charge in [0.15, 0.2) is 5.82 Å². The molecule has 23 heavy (non-hydrogen) atoms. The van der Waals surface area contributed by atoms with Crippen molar-refractivity contribution in [3.63, 3.8) is 0 Å². The van der Waals surface area contributed by atoms with Crippen LogP contribution in [0.1, 0.15) is 17.4 Å². The van der Waals surface area contributed by atoms with Crippen LogP contribution in [0.2, 0.25) is 5.02 Å². The number of halogens is 1. The van der Waals surface area contributed by atoms with Crippen molar-refractivity contribution in [1.82, 2.24) is 20.4 Å². The summed E-state index contributed by atoms with van der Waals surface area (Å²) in [6, 6.07) is 6.62. The minimum atomic E-state index is -0.519. The quantitative estimate of drug-likeness (QED) is 0.905. The van der Waals surface area contributed by atoms with E-state index in [0.717, 1.165) is 12.1 Å². The molecule has 1 fully saturated rings. The Morgan fingerprint density at radius 1 is 1.43 bits per heavy atom. The van der Waals surface area contributed by atoms with Gasteiger partial charge < -0.3 is 19.5 Å². The van der Waals surface area contributed by atoms with Gasteiger partial charge in [0.1, 0.15) is 12.1 Å². The molecule has 8 heteroatoms. The number of hydrogen-bond acceptors (Lipinski definition) is 6. The number of carbonyl (C=O) groups is 1. The van der Waals surface area contributed by atoms with Crippen molar-refractivity contribution in [2.24, 2.45) is 0 Å². The summed E-state index contributed by atoms with van der Waals surface area (Å²) < 4.78 is 10.4. The number of likely N-dealkylation sites (N-methyl/N-ethyl adjacent to an activating group) is 1. The van der Waals surface area contributed by atoms with Gasteiger partial charge in [-0.15, -0.1) is 0 Å². The summed E-state index contributed by atoms with van der Waals surface area (Å²) in [5.74, 6) is 0.172. The van der Waals surface area contributed by atoms with Crippen LogP contribution in [0.3, 0.4) is 0 Å². The zero-order valence-electron chi connectivity index (χ0n) is 12.6. The van der Waals surface area contributed by atoms with E-state index < -0.39 is 12.1 Å². The molecule has 122 valence electrons. The Morgan fingerprint density at radius 3 is 2.87 bits per heavy atom. The van der Waals surface area contributed by atoms with Crippen LogP contribution >= 0.6 is 11.6 Å². The Labute approximate surface area is 138 Å². The molecule has 0 aliphatic carbocycles. The van der Waals surface area contributed by atoms with Gasteiger partial charge in [0, 0.05) is 18.1 Å². The molecule has 1 aromatic carbocycles. The molecule has 1 amide bonds. The Hall–Kier alpha value is -1.96. The predicted octanol–water partition coefficient (Wildman–Crippen LogP) is 1.26. The summed E-state index contributed by atoms with van der Waals surface area (Å²) in [6.07, 6.45) is 0.713.